The van der Waals surface area contributed by atoms with Crippen molar-refractivity contribution >= 4 is 9.84 Å². The molecule has 2 fully saturated rings. The van der Waals surface area contributed by atoms with Gasteiger partial charge in [-0.1, -0.05) is 6.92 Å². The fraction of sp³-hybridized carbons (Fsp3) is 1.00. The number of rotatable bonds is 4. The predicted octanol–water partition coefficient (Wildman–Crippen LogP) is 0.978. The van der Waals surface area contributed by atoms with Crippen LogP contribution in [0.3, 0.4) is 0 Å². The lowest BCUT2D eigenvalue weighted by atomic mass is 10.0. The van der Waals surface area contributed by atoms with Crippen molar-refractivity contribution in [1.29, 1.82) is 0 Å². The summed E-state index contributed by atoms with van der Waals surface area (Å²) in [6.07, 6.45) is 5.03. The molecule has 5 heteroatoms. The molecular weight excluding hydrogens is 248 g/mol. The highest BCUT2D eigenvalue weighted by Gasteiger charge is 2.37. The largest absolute Gasteiger partial charge is 0.298 e. The van der Waals surface area contributed by atoms with E-state index < -0.39 is 9.84 Å². The molecule has 2 saturated heterocycles. The van der Waals surface area contributed by atoms with E-state index >= 15 is 0 Å². The van der Waals surface area contributed by atoms with E-state index in [1.165, 1.54) is 25.6 Å². The molecule has 0 aromatic carbocycles. The number of hydrogen-bond acceptors (Lipinski definition) is 4. The van der Waals surface area contributed by atoms with Gasteiger partial charge in [0.25, 0.3) is 0 Å². The van der Waals surface area contributed by atoms with Crippen LogP contribution >= 0.6 is 0 Å². The molecule has 3 unspecified atom stereocenters. The Labute approximate surface area is 111 Å². The zero-order chi connectivity index (χ0) is 13.3. The van der Waals surface area contributed by atoms with Crippen LogP contribution in [-0.4, -0.2) is 68.0 Å². The third-order valence-corrected chi connectivity index (χ3v) is 5.50. The second kappa shape index (κ2) is 5.47. The predicted molar refractivity (Wildman–Crippen MR) is 74.6 cm³/mol. The zero-order valence-electron chi connectivity index (χ0n) is 11.8. The quantitative estimate of drug-likeness (QED) is 0.766. The van der Waals surface area contributed by atoms with E-state index in [1.54, 1.807) is 0 Å². The molecule has 106 valence electrons. The molecule has 18 heavy (non-hydrogen) atoms. The Balaban J connectivity index is 2.05. The van der Waals surface area contributed by atoms with Gasteiger partial charge in [0.2, 0.25) is 0 Å². The van der Waals surface area contributed by atoms with Crippen LogP contribution in [0.2, 0.25) is 0 Å². The minimum atomic E-state index is -2.88. The van der Waals surface area contributed by atoms with Gasteiger partial charge in [-0.2, -0.15) is 0 Å². The van der Waals surface area contributed by atoms with Gasteiger partial charge in [-0.25, -0.2) is 8.42 Å². The highest BCUT2D eigenvalue weighted by molar-refractivity contribution is 7.90. The molecule has 2 rings (SSSR count). The molecular formula is C13H26N2O2S. The lowest BCUT2D eigenvalue weighted by Gasteiger charge is -2.46. The Morgan fingerprint density at radius 3 is 2.67 bits per heavy atom. The molecule has 2 heterocycles. The Hall–Kier alpha value is -0.130. The Bertz CT molecular complexity index is 382. The molecule has 3 atom stereocenters. The Morgan fingerprint density at radius 2 is 2.06 bits per heavy atom. The van der Waals surface area contributed by atoms with E-state index in [-0.39, 0.29) is 11.8 Å². The summed E-state index contributed by atoms with van der Waals surface area (Å²) in [7, 11) is -2.88. The number of sulfone groups is 1. The Kier molecular flexibility index (Phi) is 4.34. The minimum Gasteiger partial charge on any atom is -0.298 e. The van der Waals surface area contributed by atoms with Crippen LogP contribution in [0.25, 0.3) is 0 Å². The van der Waals surface area contributed by atoms with Gasteiger partial charge in [-0.3, -0.25) is 9.80 Å². The first-order valence-corrected chi connectivity index (χ1v) is 9.14. The summed E-state index contributed by atoms with van der Waals surface area (Å²) in [6, 6.07) is 1.33. The molecule has 0 amide bonds. The van der Waals surface area contributed by atoms with Crippen molar-refractivity contribution in [2.75, 3.05) is 31.6 Å². The molecule has 0 bridgehead atoms. The summed E-state index contributed by atoms with van der Waals surface area (Å²) in [5, 5.41) is 0. The van der Waals surface area contributed by atoms with Crippen LogP contribution in [0.15, 0.2) is 0 Å². The monoisotopic (exact) mass is 274 g/mol. The smallest absolute Gasteiger partial charge is 0.148 e. The summed E-state index contributed by atoms with van der Waals surface area (Å²) in [5.41, 5.74) is 0. The summed E-state index contributed by atoms with van der Waals surface area (Å²) in [5.74, 6) is 0.288. The van der Waals surface area contributed by atoms with E-state index in [1.807, 2.05) is 0 Å². The van der Waals surface area contributed by atoms with Crippen LogP contribution in [0.4, 0.5) is 0 Å². The molecule has 2 aliphatic heterocycles. The molecule has 0 spiro atoms. The third kappa shape index (κ3) is 3.25. The van der Waals surface area contributed by atoms with E-state index in [2.05, 4.69) is 23.6 Å². The first-order valence-electron chi connectivity index (χ1n) is 7.08. The Morgan fingerprint density at radius 1 is 1.33 bits per heavy atom. The van der Waals surface area contributed by atoms with Gasteiger partial charge in [0.05, 0.1) is 5.75 Å². The second-order valence-corrected chi connectivity index (χ2v) is 8.18. The maximum Gasteiger partial charge on any atom is 0.148 e. The van der Waals surface area contributed by atoms with Crippen molar-refractivity contribution in [3.05, 3.63) is 0 Å². The molecule has 0 aromatic heterocycles. The first kappa shape index (κ1) is 14.3. The van der Waals surface area contributed by atoms with Gasteiger partial charge in [0, 0.05) is 37.5 Å². The maximum atomic E-state index is 11.5. The summed E-state index contributed by atoms with van der Waals surface area (Å²) in [6.45, 7) is 7.68. The van der Waals surface area contributed by atoms with Crippen molar-refractivity contribution in [3.63, 3.8) is 0 Å². The third-order valence-electron chi connectivity index (χ3n) is 4.42. The topological polar surface area (TPSA) is 40.6 Å². The van der Waals surface area contributed by atoms with Gasteiger partial charge < -0.3 is 0 Å². The second-order valence-electron chi connectivity index (χ2n) is 5.99. The molecule has 0 aromatic rings. The minimum absolute atomic E-state index is 0.146. The van der Waals surface area contributed by atoms with Crippen LogP contribution in [-0.2, 0) is 9.84 Å². The van der Waals surface area contributed by atoms with Gasteiger partial charge in [-0.15, -0.1) is 0 Å². The molecule has 0 aliphatic carbocycles. The number of fused-ring (bicyclic) bond motifs is 1. The number of hydrogen-bond donors (Lipinski definition) is 0. The van der Waals surface area contributed by atoms with Crippen molar-refractivity contribution in [3.8, 4) is 0 Å². The van der Waals surface area contributed by atoms with Gasteiger partial charge >= 0.3 is 0 Å². The zero-order valence-corrected chi connectivity index (χ0v) is 12.6. The standard InChI is InChI=1S/C13H26N2O2S/c1-4-12-8-14-7-5-6-13(14)9-15(12)11(2)10-18(3,16)17/h11-13H,4-10H2,1-3H3. The molecule has 0 N–H and O–H groups in total. The van der Waals surface area contributed by atoms with Gasteiger partial charge in [0.15, 0.2) is 0 Å². The van der Waals surface area contributed by atoms with Crippen LogP contribution in [0.5, 0.6) is 0 Å². The van der Waals surface area contributed by atoms with E-state index in [4.69, 9.17) is 0 Å². The molecule has 2 aliphatic rings. The van der Waals surface area contributed by atoms with Crippen molar-refractivity contribution in [2.45, 2.75) is 51.2 Å². The fourth-order valence-electron chi connectivity index (χ4n) is 3.55. The SMILES string of the molecule is CCC1CN2CCCC2CN1C(C)CS(C)(=O)=O. The summed E-state index contributed by atoms with van der Waals surface area (Å²) >= 11 is 0. The van der Waals surface area contributed by atoms with Crippen LogP contribution in [0, 0.1) is 0 Å². The van der Waals surface area contributed by atoms with E-state index in [0.717, 1.165) is 19.5 Å². The van der Waals surface area contributed by atoms with E-state index in [9.17, 15) is 8.42 Å². The lowest BCUT2D eigenvalue weighted by Crippen LogP contribution is -2.59. The molecule has 0 saturated carbocycles. The molecule has 4 nitrogen and oxygen atoms in total. The normalized spacial score (nSPS) is 32.4. The number of nitrogens with zero attached hydrogens (tertiary/aromatic N) is 2. The van der Waals surface area contributed by atoms with Gasteiger partial charge in [0.1, 0.15) is 9.84 Å². The van der Waals surface area contributed by atoms with E-state index in [0.29, 0.717) is 12.1 Å². The average Bonchev–Trinajstić information content (AvgIpc) is 2.71. The lowest BCUT2D eigenvalue weighted by molar-refractivity contribution is 0.0292. The maximum absolute atomic E-state index is 11.5. The van der Waals surface area contributed by atoms with Crippen molar-refractivity contribution < 1.29 is 8.42 Å². The highest BCUT2D eigenvalue weighted by atomic mass is 32.2. The average molecular weight is 274 g/mol. The van der Waals surface area contributed by atoms with Crippen molar-refractivity contribution in [2.24, 2.45) is 0 Å². The van der Waals surface area contributed by atoms with Crippen molar-refractivity contribution in [1.82, 2.24) is 9.80 Å². The van der Waals surface area contributed by atoms with Gasteiger partial charge in [-0.05, 0) is 32.7 Å². The number of piperazine rings is 1. The summed E-state index contributed by atoms with van der Waals surface area (Å²) < 4.78 is 22.9. The summed E-state index contributed by atoms with van der Waals surface area (Å²) in [4.78, 5) is 5.03. The molecule has 0 radical (unpaired) electrons. The first-order chi connectivity index (χ1) is 8.40. The highest BCUT2D eigenvalue weighted by Crippen LogP contribution is 2.27. The van der Waals surface area contributed by atoms with Crippen LogP contribution in [0.1, 0.15) is 33.1 Å². The fourth-order valence-corrected chi connectivity index (χ4v) is 4.62. The van der Waals surface area contributed by atoms with Crippen LogP contribution < -0.4 is 0 Å².